The second kappa shape index (κ2) is 13.1. The molecule has 216 valence electrons. The van der Waals surface area contributed by atoms with Crippen molar-refractivity contribution in [3.8, 4) is 10.4 Å². The number of alkyl carbamates (subject to hydrolysis) is 1. The maximum atomic E-state index is 13.3. The molecule has 11 heteroatoms. The van der Waals surface area contributed by atoms with Crippen molar-refractivity contribution in [2.75, 3.05) is 11.9 Å². The number of carbonyl (C=O) groups is 1. The number of amides is 1. The molecule has 1 fully saturated rings. The van der Waals surface area contributed by atoms with E-state index in [0.717, 1.165) is 41.1 Å². The normalized spacial score (nSPS) is 17.7. The first-order chi connectivity index (χ1) is 19.1. The van der Waals surface area contributed by atoms with Gasteiger partial charge >= 0.3 is 6.09 Å². The fraction of sp³-hybridized carbons (Fsp3) is 0.483. The fourth-order valence-corrected chi connectivity index (χ4v) is 7.29. The molecule has 2 heterocycles. The number of ether oxygens (including phenoxy) is 1. The van der Waals surface area contributed by atoms with Crippen molar-refractivity contribution < 1.29 is 17.9 Å². The van der Waals surface area contributed by atoms with Crippen LogP contribution in [0.2, 0.25) is 0 Å². The maximum Gasteiger partial charge on any atom is 0.407 e. The molecule has 40 heavy (non-hydrogen) atoms. The summed E-state index contributed by atoms with van der Waals surface area (Å²) in [5, 5.41) is 7.21. The van der Waals surface area contributed by atoms with E-state index in [1.807, 2.05) is 38.1 Å². The van der Waals surface area contributed by atoms with E-state index >= 15 is 0 Å². The number of pyridine rings is 1. The first-order valence-electron chi connectivity index (χ1n) is 13.9. The minimum Gasteiger partial charge on any atom is -0.447 e. The van der Waals surface area contributed by atoms with Gasteiger partial charge in [-0.1, -0.05) is 26.8 Å². The number of benzene rings is 1. The number of hydrogen-bond acceptors (Lipinski definition) is 8. The number of anilines is 2. The zero-order valence-corrected chi connectivity index (χ0v) is 25.4. The third-order valence-corrected chi connectivity index (χ3v) is 9.64. The average Bonchev–Trinajstić information content (AvgIpc) is 3.39. The number of sulfonamides is 1. The first-order valence-corrected chi connectivity index (χ1v) is 16.2. The lowest BCUT2D eigenvalue weighted by atomic mass is 9.86. The van der Waals surface area contributed by atoms with Crippen LogP contribution in [-0.4, -0.2) is 43.2 Å². The highest BCUT2D eigenvalue weighted by molar-refractivity contribution is 7.89. The molecular weight excluding hydrogens is 546 g/mol. The molecule has 1 aliphatic rings. The Morgan fingerprint density at radius 2 is 1.82 bits per heavy atom. The zero-order chi connectivity index (χ0) is 28.9. The Kier molecular flexibility index (Phi) is 9.81. The Morgan fingerprint density at radius 3 is 2.50 bits per heavy atom. The van der Waals surface area contributed by atoms with Crippen LogP contribution < -0.4 is 15.4 Å². The van der Waals surface area contributed by atoms with Crippen LogP contribution in [0.25, 0.3) is 10.4 Å². The molecule has 1 aromatic carbocycles. The second-order valence-corrected chi connectivity index (χ2v) is 13.5. The molecule has 1 saturated carbocycles. The predicted octanol–water partition coefficient (Wildman–Crippen LogP) is 6.53. The highest BCUT2D eigenvalue weighted by Crippen LogP contribution is 2.40. The number of carbonyl (C=O) groups excluding carboxylic acids is 1. The Bertz CT molecular complexity index is 1410. The quantitative estimate of drug-likeness (QED) is 0.247. The van der Waals surface area contributed by atoms with Crippen molar-refractivity contribution in [2.24, 2.45) is 0 Å². The zero-order valence-electron chi connectivity index (χ0n) is 23.7. The molecular formula is C29H39N5O4S2. The van der Waals surface area contributed by atoms with Gasteiger partial charge in [0.15, 0.2) is 0 Å². The summed E-state index contributed by atoms with van der Waals surface area (Å²) in [7, 11) is -3.75. The van der Waals surface area contributed by atoms with Gasteiger partial charge in [-0.05, 0) is 75.3 Å². The van der Waals surface area contributed by atoms with Gasteiger partial charge in [0, 0.05) is 42.1 Å². The summed E-state index contributed by atoms with van der Waals surface area (Å²) in [5.74, 6) is 1.28. The van der Waals surface area contributed by atoms with Gasteiger partial charge in [-0.3, -0.25) is 0 Å². The van der Waals surface area contributed by atoms with E-state index in [-0.39, 0.29) is 35.6 Å². The molecule has 0 atom stereocenters. The van der Waals surface area contributed by atoms with Crippen LogP contribution in [0, 0.1) is 0 Å². The molecule has 0 saturated heterocycles. The summed E-state index contributed by atoms with van der Waals surface area (Å²) < 4.78 is 34.4. The lowest BCUT2D eigenvalue weighted by Crippen LogP contribution is -2.38. The van der Waals surface area contributed by atoms with Crippen LogP contribution in [0.4, 0.5) is 16.3 Å². The van der Waals surface area contributed by atoms with Crippen LogP contribution >= 0.6 is 11.3 Å². The van der Waals surface area contributed by atoms with E-state index in [2.05, 4.69) is 34.2 Å². The van der Waals surface area contributed by atoms with E-state index in [9.17, 15) is 13.2 Å². The Hall–Kier alpha value is -3.02. The predicted molar refractivity (Wildman–Crippen MR) is 160 cm³/mol. The maximum absolute atomic E-state index is 13.3. The first kappa shape index (κ1) is 30.0. The number of thiazole rings is 1. The molecule has 0 aliphatic heterocycles. The van der Waals surface area contributed by atoms with Crippen molar-refractivity contribution in [1.29, 1.82) is 0 Å². The van der Waals surface area contributed by atoms with Crippen molar-refractivity contribution in [2.45, 2.75) is 89.2 Å². The van der Waals surface area contributed by atoms with Crippen molar-refractivity contribution in [3.63, 3.8) is 0 Å². The van der Waals surface area contributed by atoms with E-state index in [1.165, 1.54) is 11.3 Å². The standard InChI is InChI=1S/C29H39N5O4S2/c1-6-32-40(36,37)26-16-23(33-27-15-21(18(2)3)13-14-30-27)11-12-24(26)25-17-31-28(39-25)20-7-9-22(10-8-20)34-29(35)38-19(4)5/h11-20,22,32H,6-10H2,1-5H3,(H,30,33)(H,34,35). The van der Waals surface area contributed by atoms with Crippen LogP contribution in [-0.2, 0) is 14.8 Å². The van der Waals surface area contributed by atoms with Crippen LogP contribution in [0.1, 0.15) is 82.7 Å². The van der Waals surface area contributed by atoms with Gasteiger partial charge in [-0.2, -0.15) is 0 Å². The molecule has 4 rings (SSSR count). The molecule has 3 aromatic rings. The lowest BCUT2D eigenvalue weighted by Gasteiger charge is -2.28. The van der Waals surface area contributed by atoms with Crippen LogP contribution in [0.15, 0.2) is 47.6 Å². The molecule has 0 radical (unpaired) electrons. The van der Waals surface area contributed by atoms with Crippen LogP contribution in [0.5, 0.6) is 0 Å². The number of nitrogens with zero attached hydrogens (tertiary/aromatic N) is 2. The summed E-state index contributed by atoms with van der Waals surface area (Å²) in [5.41, 5.74) is 2.40. The van der Waals surface area contributed by atoms with E-state index in [1.54, 1.807) is 25.4 Å². The molecule has 3 N–H and O–H groups in total. The third kappa shape index (κ3) is 7.58. The third-order valence-electron chi connectivity index (χ3n) is 6.86. The molecule has 0 bridgehead atoms. The fourth-order valence-electron chi connectivity index (χ4n) is 4.82. The van der Waals surface area contributed by atoms with Crippen molar-refractivity contribution >= 4 is 39.0 Å². The highest BCUT2D eigenvalue weighted by atomic mass is 32.2. The molecule has 0 unspecified atom stereocenters. The summed E-state index contributed by atoms with van der Waals surface area (Å²) in [6.07, 6.45) is 6.49. The summed E-state index contributed by atoms with van der Waals surface area (Å²) in [6.45, 7) is 9.94. The summed E-state index contributed by atoms with van der Waals surface area (Å²) >= 11 is 1.53. The largest absolute Gasteiger partial charge is 0.447 e. The van der Waals surface area contributed by atoms with Gasteiger partial charge in [0.05, 0.1) is 20.9 Å². The highest BCUT2D eigenvalue weighted by Gasteiger charge is 2.27. The van der Waals surface area contributed by atoms with Gasteiger partial charge in [0.25, 0.3) is 0 Å². The second-order valence-electron chi connectivity index (χ2n) is 10.7. The van der Waals surface area contributed by atoms with Crippen LogP contribution in [0.3, 0.4) is 0 Å². The molecule has 1 aliphatic carbocycles. The molecule has 2 aromatic heterocycles. The van der Waals surface area contributed by atoms with Gasteiger partial charge in [-0.25, -0.2) is 27.9 Å². The monoisotopic (exact) mass is 585 g/mol. The topological polar surface area (TPSA) is 122 Å². The summed E-state index contributed by atoms with van der Waals surface area (Å²) in [6, 6.07) is 9.40. The molecule has 9 nitrogen and oxygen atoms in total. The van der Waals surface area contributed by atoms with Gasteiger partial charge in [0.1, 0.15) is 5.82 Å². The summed E-state index contributed by atoms with van der Waals surface area (Å²) in [4.78, 5) is 22.1. The number of nitrogens with one attached hydrogen (secondary N) is 3. The molecule has 0 spiro atoms. The minimum atomic E-state index is -3.75. The Morgan fingerprint density at radius 1 is 1.07 bits per heavy atom. The lowest BCUT2D eigenvalue weighted by molar-refractivity contribution is 0.109. The average molecular weight is 586 g/mol. The Balaban J connectivity index is 1.53. The number of rotatable bonds is 10. The molecule has 1 amide bonds. The van der Waals surface area contributed by atoms with E-state index in [0.29, 0.717) is 23.0 Å². The van der Waals surface area contributed by atoms with Crippen molar-refractivity contribution in [3.05, 3.63) is 53.3 Å². The number of aromatic nitrogens is 2. The van der Waals surface area contributed by atoms with Gasteiger partial charge in [0.2, 0.25) is 10.0 Å². The smallest absolute Gasteiger partial charge is 0.407 e. The minimum absolute atomic E-state index is 0.0922. The van der Waals surface area contributed by atoms with Gasteiger partial charge < -0.3 is 15.4 Å². The Labute approximate surface area is 241 Å². The van der Waals surface area contributed by atoms with Gasteiger partial charge in [-0.15, -0.1) is 11.3 Å². The van der Waals surface area contributed by atoms with E-state index in [4.69, 9.17) is 9.72 Å². The van der Waals surface area contributed by atoms with E-state index < -0.39 is 10.0 Å². The number of hydrogen-bond donors (Lipinski definition) is 3. The SMILES string of the molecule is CCNS(=O)(=O)c1cc(Nc2cc(C(C)C)ccn2)ccc1-c1cnc(C2CCC(NC(=O)OC(C)C)CC2)s1. The van der Waals surface area contributed by atoms with Crippen molar-refractivity contribution in [1.82, 2.24) is 20.0 Å².